The Balaban J connectivity index is 2.43. The smallest absolute Gasteiger partial charge is 0.219 e. The normalized spacial score (nSPS) is 23.0. The lowest BCUT2D eigenvalue weighted by molar-refractivity contribution is -0.119. The molecule has 0 aliphatic carbocycles. The molecule has 3 nitrogen and oxygen atoms in total. The van der Waals surface area contributed by atoms with Crippen LogP contribution in [0.2, 0.25) is 0 Å². The summed E-state index contributed by atoms with van der Waals surface area (Å²) < 4.78 is 0. The van der Waals surface area contributed by atoms with Crippen molar-refractivity contribution in [1.29, 1.82) is 0 Å². The number of nitrogens with two attached hydrogens (primary N) is 2. The zero-order valence-electron chi connectivity index (χ0n) is 6.51. The van der Waals surface area contributed by atoms with Gasteiger partial charge >= 0.3 is 0 Å². The van der Waals surface area contributed by atoms with Crippen molar-refractivity contribution in [2.45, 2.75) is 24.8 Å². The van der Waals surface area contributed by atoms with Gasteiger partial charge in [0.2, 0.25) is 5.91 Å². The monoisotopic (exact) mass is 174 g/mol. The van der Waals surface area contributed by atoms with E-state index >= 15 is 0 Å². The molecule has 0 aromatic carbocycles. The second-order valence-corrected chi connectivity index (χ2v) is 4.34. The lowest BCUT2D eigenvalue weighted by atomic mass is 9.90. The molecule has 0 saturated carbocycles. The number of rotatable bonds is 2. The van der Waals surface area contributed by atoms with Gasteiger partial charge in [0.25, 0.3) is 0 Å². The Morgan fingerprint density at radius 2 is 2.00 bits per heavy atom. The predicted octanol–water partition coefficient (Wildman–Crippen LogP) is 0.0863. The maximum atomic E-state index is 10.6. The van der Waals surface area contributed by atoms with Gasteiger partial charge in [-0.2, -0.15) is 11.8 Å². The summed E-state index contributed by atoms with van der Waals surface area (Å²) in [6, 6.07) is 0. The van der Waals surface area contributed by atoms with E-state index in [9.17, 15) is 4.79 Å². The summed E-state index contributed by atoms with van der Waals surface area (Å²) in [6.45, 7) is 0. The summed E-state index contributed by atoms with van der Waals surface area (Å²) >= 11 is 1.89. The van der Waals surface area contributed by atoms with Crippen LogP contribution in [0.1, 0.15) is 19.3 Å². The number of hydrogen-bond donors (Lipinski definition) is 2. The fourth-order valence-electron chi connectivity index (χ4n) is 1.30. The van der Waals surface area contributed by atoms with Crippen LogP contribution in [-0.4, -0.2) is 23.0 Å². The molecule has 1 heterocycles. The van der Waals surface area contributed by atoms with E-state index in [4.69, 9.17) is 11.5 Å². The molecule has 4 N–H and O–H groups in total. The van der Waals surface area contributed by atoms with E-state index in [2.05, 4.69) is 0 Å². The van der Waals surface area contributed by atoms with E-state index in [1.54, 1.807) is 0 Å². The number of primary amides is 1. The number of amides is 1. The van der Waals surface area contributed by atoms with Gasteiger partial charge < -0.3 is 11.5 Å². The van der Waals surface area contributed by atoms with Gasteiger partial charge in [-0.3, -0.25) is 4.79 Å². The number of carbonyl (C=O) groups excluding carboxylic acids is 1. The standard InChI is InChI=1S/C7H14N2OS/c8-6(10)5-7(9)1-3-11-4-2-7/h1-5,9H2,(H2,8,10). The van der Waals surface area contributed by atoms with Crippen molar-refractivity contribution in [2.24, 2.45) is 11.5 Å². The first-order chi connectivity index (χ1) is 5.12. The molecule has 4 heteroatoms. The third-order valence-corrected chi connectivity index (χ3v) is 3.00. The van der Waals surface area contributed by atoms with Crippen molar-refractivity contribution in [3.8, 4) is 0 Å². The molecule has 11 heavy (non-hydrogen) atoms. The number of hydrogen-bond acceptors (Lipinski definition) is 3. The Morgan fingerprint density at radius 1 is 1.45 bits per heavy atom. The molecular weight excluding hydrogens is 160 g/mol. The molecule has 1 saturated heterocycles. The van der Waals surface area contributed by atoms with Gasteiger partial charge in [-0.15, -0.1) is 0 Å². The molecule has 0 aromatic rings. The van der Waals surface area contributed by atoms with Gasteiger partial charge in [0, 0.05) is 12.0 Å². The van der Waals surface area contributed by atoms with Crippen LogP contribution in [0.15, 0.2) is 0 Å². The highest BCUT2D eigenvalue weighted by Gasteiger charge is 2.29. The molecule has 1 aliphatic heterocycles. The van der Waals surface area contributed by atoms with Crippen LogP contribution in [0.4, 0.5) is 0 Å². The zero-order chi connectivity index (χ0) is 8.32. The van der Waals surface area contributed by atoms with E-state index in [-0.39, 0.29) is 11.4 Å². The quantitative estimate of drug-likeness (QED) is 0.623. The van der Waals surface area contributed by atoms with Crippen LogP contribution in [-0.2, 0) is 4.79 Å². The Kier molecular flexibility index (Phi) is 2.78. The third kappa shape index (κ3) is 2.71. The van der Waals surface area contributed by atoms with E-state index in [0.29, 0.717) is 6.42 Å². The fourth-order valence-corrected chi connectivity index (χ4v) is 2.61. The van der Waals surface area contributed by atoms with E-state index in [1.165, 1.54) is 0 Å². The molecule has 0 unspecified atom stereocenters. The summed E-state index contributed by atoms with van der Waals surface area (Å²) in [4.78, 5) is 10.6. The van der Waals surface area contributed by atoms with Crippen LogP contribution in [0.5, 0.6) is 0 Å². The molecule has 0 atom stereocenters. The van der Waals surface area contributed by atoms with Gasteiger partial charge in [0.05, 0.1) is 0 Å². The summed E-state index contributed by atoms with van der Waals surface area (Å²) in [6.07, 6.45) is 2.18. The number of carbonyl (C=O) groups is 1. The molecule has 0 aromatic heterocycles. The Morgan fingerprint density at radius 3 is 2.45 bits per heavy atom. The van der Waals surface area contributed by atoms with E-state index in [0.717, 1.165) is 24.3 Å². The van der Waals surface area contributed by atoms with Gasteiger partial charge in [-0.05, 0) is 24.3 Å². The predicted molar refractivity (Wildman–Crippen MR) is 47.3 cm³/mol. The summed E-state index contributed by atoms with van der Waals surface area (Å²) in [5.41, 5.74) is 10.7. The molecule has 1 amide bonds. The van der Waals surface area contributed by atoms with Crippen LogP contribution in [0, 0.1) is 0 Å². The molecule has 1 fully saturated rings. The van der Waals surface area contributed by atoms with E-state index < -0.39 is 0 Å². The fraction of sp³-hybridized carbons (Fsp3) is 0.857. The van der Waals surface area contributed by atoms with Crippen molar-refractivity contribution in [3.05, 3.63) is 0 Å². The number of thioether (sulfide) groups is 1. The Hall–Kier alpha value is -0.220. The highest BCUT2D eigenvalue weighted by molar-refractivity contribution is 7.99. The lowest BCUT2D eigenvalue weighted by Gasteiger charge is -2.31. The van der Waals surface area contributed by atoms with Crippen molar-refractivity contribution < 1.29 is 4.79 Å². The molecule has 64 valence electrons. The van der Waals surface area contributed by atoms with Gasteiger partial charge in [-0.25, -0.2) is 0 Å². The summed E-state index contributed by atoms with van der Waals surface area (Å²) in [5, 5.41) is 0. The second kappa shape index (κ2) is 3.45. The maximum Gasteiger partial charge on any atom is 0.219 e. The lowest BCUT2D eigenvalue weighted by Crippen LogP contribution is -2.46. The Bertz CT molecular complexity index is 155. The summed E-state index contributed by atoms with van der Waals surface area (Å²) in [7, 11) is 0. The van der Waals surface area contributed by atoms with Crippen molar-refractivity contribution in [2.75, 3.05) is 11.5 Å². The van der Waals surface area contributed by atoms with E-state index in [1.807, 2.05) is 11.8 Å². The van der Waals surface area contributed by atoms with Crippen LogP contribution in [0.3, 0.4) is 0 Å². The van der Waals surface area contributed by atoms with Crippen LogP contribution in [0.25, 0.3) is 0 Å². The first kappa shape index (κ1) is 8.87. The molecule has 0 spiro atoms. The van der Waals surface area contributed by atoms with Gasteiger partial charge in [-0.1, -0.05) is 0 Å². The SMILES string of the molecule is NC(=O)CC1(N)CCSCC1. The molecule has 0 bridgehead atoms. The topological polar surface area (TPSA) is 69.1 Å². The van der Waals surface area contributed by atoms with Crippen LogP contribution < -0.4 is 11.5 Å². The highest BCUT2D eigenvalue weighted by atomic mass is 32.2. The average Bonchev–Trinajstić information content (AvgIpc) is 1.85. The minimum absolute atomic E-state index is 0.278. The average molecular weight is 174 g/mol. The molecule has 1 aliphatic rings. The second-order valence-electron chi connectivity index (χ2n) is 3.12. The molecule has 1 rings (SSSR count). The highest BCUT2D eigenvalue weighted by Crippen LogP contribution is 2.26. The largest absolute Gasteiger partial charge is 0.370 e. The van der Waals surface area contributed by atoms with Crippen molar-refractivity contribution >= 4 is 17.7 Å². The van der Waals surface area contributed by atoms with Crippen molar-refractivity contribution in [3.63, 3.8) is 0 Å². The minimum atomic E-state index is -0.295. The first-order valence-corrected chi connectivity index (χ1v) is 4.93. The van der Waals surface area contributed by atoms with Crippen LogP contribution >= 0.6 is 11.8 Å². The third-order valence-electron chi connectivity index (χ3n) is 2.01. The van der Waals surface area contributed by atoms with Gasteiger partial charge in [0.1, 0.15) is 0 Å². The Labute approximate surface area is 70.9 Å². The van der Waals surface area contributed by atoms with Gasteiger partial charge in [0.15, 0.2) is 0 Å². The van der Waals surface area contributed by atoms with Crippen molar-refractivity contribution in [1.82, 2.24) is 0 Å². The zero-order valence-corrected chi connectivity index (χ0v) is 7.32. The maximum absolute atomic E-state index is 10.6. The molecule has 0 radical (unpaired) electrons. The first-order valence-electron chi connectivity index (χ1n) is 3.77. The molecular formula is C7H14N2OS. The minimum Gasteiger partial charge on any atom is -0.370 e. The summed E-state index contributed by atoms with van der Waals surface area (Å²) in [5.74, 6) is 1.84.